The van der Waals surface area contributed by atoms with E-state index >= 15 is 0 Å². The zero-order valence-corrected chi connectivity index (χ0v) is 13.6. The largest absolute Gasteiger partial charge is 0.338 e. The van der Waals surface area contributed by atoms with Crippen LogP contribution in [-0.2, 0) is 0 Å². The van der Waals surface area contributed by atoms with E-state index in [1.54, 1.807) is 4.90 Å². The first-order valence-corrected chi connectivity index (χ1v) is 8.14. The second-order valence-electron chi connectivity index (χ2n) is 5.91. The maximum absolute atomic E-state index is 12.2. The second kappa shape index (κ2) is 6.81. The van der Waals surface area contributed by atoms with Crippen LogP contribution in [-0.4, -0.2) is 34.2 Å². The molecule has 1 fully saturated rings. The molecule has 2 heterocycles. The molecule has 0 radical (unpaired) electrons. The molecular formula is C17H22N4O2. The van der Waals surface area contributed by atoms with Crippen molar-refractivity contribution in [3.05, 3.63) is 35.7 Å². The van der Waals surface area contributed by atoms with Crippen LogP contribution in [0.4, 0.5) is 4.79 Å². The predicted molar refractivity (Wildman–Crippen MR) is 86.8 cm³/mol. The van der Waals surface area contributed by atoms with Gasteiger partial charge in [-0.1, -0.05) is 35.8 Å². The van der Waals surface area contributed by atoms with Crippen LogP contribution in [0.2, 0.25) is 0 Å². The lowest BCUT2D eigenvalue weighted by molar-refractivity contribution is 0.180. The fourth-order valence-electron chi connectivity index (χ4n) is 2.87. The molecule has 0 bridgehead atoms. The third-order valence-corrected chi connectivity index (χ3v) is 4.04. The SMILES string of the molecule is CCCNC(=O)N1CCC[C@@H]1c1nc(-c2cccc(C)c2)no1. The number of likely N-dealkylation sites (tertiary alicyclic amines) is 1. The Kier molecular flexibility index (Phi) is 4.60. The van der Waals surface area contributed by atoms with Crippen molar-refractivity contribution in [2.75, 3.05) is 13.1 Å². The lowest BCUT2D eigenvalue weighted by Gasteiger charge is -2.22. The number of carbonyl (C=O) groups is 1. The molecule has 1 N–H and O–H groups in total. The zero-order valence-electron chi connectivity index (χ0n) is 13.6. The molecule has 0 unspecified atom stereocenters. The average molecular weight is 314 g/mol. The van der Waals surface area contributed by atoms with Gasteiger partial charge in [-0.25, -0.2) is 4.79 Å². The summed E-state index contributed by atoms with van der Waals surface area (Å²) in [6, 6.07) is 7.81. The number of carbonyl (C=O) groups excluding carboxylic acids is 1. The van der Waals surface area contributed by atoms with Gasteiger partial charge < -0.3 is 14.7 Å². The molecule has 1 saturated heterocycles. The van der Waals surface area contributed by atoms with Crippen molar-refractivity contribution in [1.82, 2.24) is 20.4 Å². The Morgan fingerprint density at radius 3 is 3.13 bits per heavy atom. The van der Waals surface area contributed by atoms with Gasteiger partial charge in [-0.05, 0) is 32.3 Å². The van der Waals surface area contributed by atoms with Crippen molar-refractivity contribution in [2.45, 2.75) is 39.2 Å². The molecule has 1 aliphatic rings. The summed E-state index contributed by atoms with van der Waals surface area (Å²) in [7, 11) is 0. The van der Waals surface area contributed by atoms with Crippen LogP contribution in [0, 0.1) is 6.92 Å². The highest BCUT2D eigenvalue weighted by atomic mass is 16.5. The topological polar surface area (TPSA) is 71.3 Å². The van der Waals surface area contributed by atoms with Gasteiger partial charge in [0.25, 0.3) is 0 Å². The summed E-state index contributed by atoms with van der Waals surface area (Å²) in [6.45, 7) is 5.47. The first-order valence-electron chi connectivity index (χ1n) is 8.14. The molecule has 0 aliphatic carbocycles. The number of amides is 2. The summed E-state index contributed by atoms with van der Waals surface area (Å²) in [5.74, 6) is 1.09. The lowest BCUT2D eigenvalue weighted by atomic mass is 10.1. The first-order chi connectivity index (χ1) is 11.2. The third-order valence-electron chi connectivity index (χ3n) is 4.04. The number of urea groups is 1. The van der Waals surface area contributed by atoms with Crippen molar-refractivity contribution in [3.63, 3.8) is 0 Å². The molecule has 23 heavy (non-hydrogen) atoms. The van der Waals surface area contributed by atoms with Crippen LogP contribution in [0.15, 0.2) is 28.8 Å². The van der Waals surface area contributed by atoms with Crippen molar-refractivity contribution in [3.8, 4) is 11.4 Å². The molecule has 1 aromatic heterocycles. The normalized spacial score (nSPS) is 17.5. The summed E-state index contributed by atoms with van der Waals surface area (Å²) in [4.78, 5) is 18.5. The van der Waals surface area contributed by atoms with Gasteiger partial charge >= 0.3 is 6.03 Å². The highest BCUT2D eigenvalue weighted by molar-refractivity contribution is 5.74. The Bertz CT molecular complexity index is 683. The van der Waals surface area contributed by atoms with E-state index in [0.29, 0.717) is 18.3 Å². The van der Waals surface area contributed by atoms with E-state index in [1.165, 1.54) is 0 Å². The number of nitrogens with zero attached hydrogens (tertiary/aromatic N) is 3. The van der Waals surface area contributed by atoms with Crippen LogP contribution in [0.25, 0.3) is 11.4 Å². The summed E-state index contributed by atoms with van der Waals surface area (Å²) in [5.41, 5.74) is 2.08. The Labute approximate surface area is 135 Å². The van der Waals surface area contributed by atoms with Crippen molar-refractivity contribution in [2.24, 2.45) is 0 Å². The minimum absolute atomic E-state index is 0.0512. The van der Waals surface area contributed by atoms with Gasteiger partial charge in [0.2, 0.25) is 11.7 Å². The van der Waals surface area contributed by atoms with Crippen LogP contribution in [0.1, 0.15) is 43.7 Å². The quantitative estimate of drug-likeness (QED) is 0.940. The minimum Gasteiger partial charge on any atom is -0.338 e. The molecule has 0 saturated carbocycles. The molecule has 2 amide bonds. The summed E-state index contributed by atoms with van der Waals surface area (Å²) in [6.07, 6.45) is 2.73. The zero-order chi connectivity index (χ0) is 16.2. The molecule has 1 aliphatic heterocycles. The molecule has 122 valence electrons. The number of benzene rings is 1. The monoisotopic (exact) mass is 314 g/mol. The van der Waals surface area contributed by atoms with Crippen LogP contribution < -0.4 is 5.32 Å². The highest BCUT2D eigenvalue weighted by Crippen LogP contribution is 2.32. The smallest absolute Gasteiger partial charge is 0.318 e. The number of aryl methyl sites for hydroxylation is 1. The van der Waals surface area contributed by atoms with Crippen molar-refractivity contribution >= 4 is 6.03 Å². The van der Waals surface area contributed by atoms with Gasteiger partial charge in [-0.15, -0.1) is 0 Å². The number of rotatable bonds is 4. The molecule has 6 nitrogen and oxygen atoms in total. The molecule has 6 heteroatoms. The highest BCUT2D eigenvalue weighted by Gasteiger charge is 2.34. The van der Waals surface area contributed by atoms with E-state index in [9.17, 15) is 4.79 Å². The second-order valence-corrected chi connectivity index (χ2v) is 5.91. The number of aromatic nitrogens is 2. The Morgan fingerprint density at radius 2 is 2.35 bits per heavy atom. The van der Waals surface area contributed by atoms with Gasteiger partial charge in [0.15, 0.2) is 0 Å². The van der Waals surface area contributed by atoms with Gasteiger partial charge in [-0.2, -0.15) is 4.98 Å². The van der Waals surface area contributed by atoms with E-state index < -0.39 is 0 Å². The van der Waals surface area contributed by atoms with Crippen LogP contribution >= 0.6 is 0 Å². The lowest BCUT2D eigenvalue weighted by Crippen LogP contribution is -2.39. The maximum atomic E-state index is 12.2. The van der Waals surface area contributed by atoms with Crippen LogP contribution in [0.3, 0.4) is 0 Å². The minimum atomic E-state index is -0.127. The Balaban J connectivity index is 1.78. The fraction of sp³-hybridized carbons (Fsp3) is 0.471. The van der Waals surface area contributed by atoms with E-state index in [1.807, 2.05) is 38.1 Å². The third kappa shape index (κ3) is 3.36. The molecule has 2 aromatic rings. The van der Waals surface area contributed by atoms with Crippen molar-refractivity contribution in [1.29, 1.82) is 0 Å². The first kappa shape index (κ1) is 15.5. The Hall–Kier alpha value is -2.37. The Morgan fingerprint density at radius 1 is 1.48 bits per heavy atom. The van der Waals surface area contributed by atoms with Gasteiger partial charge in [-0.3, -0.25) is 0 Å². The van der Waals surface area contributed by atoms with E-state index in [4.69, 9.17) is 4.52 Å². The van der Waals surface area contributed by atoms with Crippen LogP contribution in [0.5, 0.6) is 0 Å². The van der Waals surface area contributed by atoms with Gasteiger partial charge in [0.05, 0.1) is 0 Å². The summed E-state index contributed by atoms with van der Waals surface area (Å²) < 4.78 is 5.44. The predicted octanol–water partition coefficient (Wildman–Crippen LogP) is 3.30. The average Bonchev–Trinajstić information content (AvgIpc) is 3.21. The van der Waals surface area contributed by atoms with E-state index in [-0.39, 0.29) is 12.1 Å². The summed E-state index contributed by atoms with van der Waals surface area (Å²) in [5, 5.41) is 7.00. The molecule has 1 atom stereocenters. The van der Waals surface area contributed by atoms with Gasteiger partial charge in [0, 0.05) is 18.7 Å². The number of nitrogens with one attached hydrogen (secondary N) is 1. The standard InChI is InChI=1S/C17H22N4O2/c1-3-9-18-17(22)21-10-5-8-14(21)16-19-15(20-23-16)13-7-4-6-12(2)11-13/h4,6-7,11,14H,3,5,8-10H2,1-2H3,(H,18,22)/t14-/m1/s1. The molecule has 1 aromatic carbocycles. The van der Waals surface area contributed by atoms with E-state index in [2.05, 4.69) is 15.5 Å². The molecule has 3 rings (SSSR count). The van der Waals surface area contributed by atoms with Gasteiger partial charge in [0.1, 0.15) is 6.04 Å². The summed E-state index contributed by atoms with van der Waals surface area (Å²) >= 11 is 0. The molecular weight excluding hydrogens is 292 g/mol. The van der Waals surface area contributed by atoms with Crippen molar-refractivity contribution < 1.29 is 9.32 Å². The number of hydrogen-bond acceptors (Lipinski definition) is 4. The maximum Gasteiger partial charge on any atom is 0.318 e. The fourth-order valence-corrected chi connectivity index (χ4v) is 2.87. The number of hydrogen-bond donors (Lipinski definition) is 1. The van der Waals surface area contributed by atoms with E-state index in [0.717, 1.165) is 36.9 Å². The molecule has 0 spiro atoms.